The van der Waals surface area contributed by atoms with Gasteiger partial charge in [-0.25, -0.2) is 4.79 Å². The van der Waals surface area contributed by atoms with E-state index >= 15 is 0 Å². The van der Waals surface area contributed by atoms with Crippen molar-refractivity contribution in [3.8, 4) is 5.75 Å². The van der Waals surface area contributed by atoms with Crippen LogP contribution < -0.4 is 4.74 Å². The molecule has 1 heterocycles. The summed E-state index contributed by atoms with van der Waals surface area (Å²) in [5, 5.41) is 10.9. The lowest BCUT2D eigenvalue weighted by Gasteiger charge is -2.23. The lowest BCUT2D eigenvalue weighted by atomic mass is 10.1. The van der Waals surface area contributed by atoms with Gasteiger partial charge in [0.1, 0.15) is 11.9 Å². The molecular weight excluding hydrogens is 266 g/mol. The van der Waals surface area contributed by atoms with Crippen LogP contribution >= 0.6 is 0 Å². The van der Waals surface area contributed by atoms with E-state index in [1.54, 1.807) is 0 Å². The topological polar surface area (TPSA) is 87.9 Å². The maximum absolute atomic E-state index is 11.5. The zero-order chi connectivity index (χ0) is 14.5. The Bertz CT molecular complexity index is 510. The fourth-order valence-corrected chi connectivity index (χ4v) is 1.98. The second kappa shape index (κ2) is 6.33. The summed E-state index contributed by atoms with van der Waals surface area (Å²) in [6.07, 6.45) is 1.38. The number of ether oxygens (including phenoxy) is 3. The SMILES string of the molecule is COC(=O)c1cc(OC2CCOCC2)cc([N+](=O)[O-])c1. The summed E-state index contributed by atoms with van der Waals surface area (Å²) in [6, 6.07) is 3.93. The molecule has 7 nitrogen and oxygen atoms in total. The lowest BCUT2D eigenvalue weighted by Crippen LogP contribution is -2.26. The maximum Gasteiger partial charge on any atom is 0.338 e. The van der Waals surface area contributed by atoms with E-state index in [0.717, 1.165) is 12.8 Å². The summed E-state index contributed by atoms with van der Waals surface area (Å²) >= 11 is 0. The highest BCUT2D eigenvalue weighted by Gasteiger charge is 2.19. The molecule has 0 unspecified atom stereocenters. The number of carbonyl (C=O) groups is 1. The van der Waals surface area contributed by atoms with Crippen molar-refractivity contribution in [2.75, 3.05) is 20.3 Å². The number of carbonyl (C=O) groups excluding carboxylic acids is 1. The number of methoxy groups -OCH3 is 1. The Morgan fingerprint density at radius 1 is 1.35 bits per heavy atom. The van der Waals surface area contributed by atoms with Crippen molar-refractivity contribution in [3.05, 3.63) is 33.9 Å². The number of hydrogen-bond acceptors (Lipinski definition) is 6. The number of non-ortho nitro benzene ring substituents is 1. The van der Waals surface area contributed by atoms with E-state index in [2.05, 4.69) is 4.74 Å². The number of benzene rings is 1. The van der Waals surface area contributed by atoms with E-state index in [1.807, 2.05) is 0 Å². The number of hydrogen-bond donors (Lipinski definition) is 0. The first-order valence-corrected chi connectivity index (χ1v) is 6.22. The highest BCUT2D eigenvalue weighted by atomic mass is 16.6. The summed E-state index contributed by atoms with van der Waals surface area (Å²) < 4.78 is 15.5. The molecule has 0 bridgehead atoms. The van der Waals surface area contributed by atoms with Crippen LogP contribution in [0.25, 0.3) is 0 Å². The molecule has 1 aromatic rings. The minimum absolute atomic E-state index is 0.0590. The van der Waals surface area contributed by atoms with Crippen LogP contribution in [0.4, 0.5) is 5.69 Å². The van der Waals surface area contributed by atoms with Crippen LogP contribution in [0.15, 0.2) is 18.2 Å². The van der Waals surface area contributed by atoms with Gasteiger partial charge in [-0.2, -0.15) is 0 Å². The summed E-state index contributed by atoms with van der Waals surface area (Å²) in [4.78, 5) is 21.8. The molecule has 108 valence electrons. The van der Waals surface area contributed by atoms with E-state index in [0.29, 0.717) is 19.0 Å². The van der Waals surface area contributed by atoms with Crippen LogP contribution in [-0.4, -0.2) is 37.3 Å². The molecule has 1 aliphatic rings. The molecule has 20 heavy (non-hydrogen) atoms. The quantitative estimate of drug-likeness (QED) is 0.476. The van der Waals surface area contributed by atoms with Crippen molar-refractivity contribution >= 4 is 11.7 Å². The Hall–Kier alpha value is -2.15. The predicted molar refractivity (Wildman–Crippen MR) is 68.9 cm³/mol. The van der Waals surface area contributed by atoms with E-state index < -0.39 is 10.9 Å². The predicted octanol–water partition coefficient (Wildman–Crippen LogP) is 1.94. The molecule has 0 aromatic heterocycles. The number of nitro groups is 1. The van der Waals surface area contributed by atoms with Gasteiger partial charge in [0.05, 0.1) is 36.9 Å². The maximum atomic E-state index is 11.5. The van der Waals surface area contributed by atoms with Crippen LogP contribution in [0.2, 0.25) is 0 Å². The van der Waals surface area contributed by atoms with Gasteiger partial charge in [-0.1, -0.05) is 0 Å². The van der Waals surface area contributed by atoms with Crippen LogP contribution in [-0.2, 0) is 9.47 Å². The Labute approximate surface area is 115 Å². The fraction of sp³-hybridized carbons (Fsp3) is 0.462. The Morgan fingerprint density at radius 2 is 2.05 bits per heavy atom. The normalized spacial score (nSPS) is 15.7. The number of nitrogens with zero attached hydrogens (tertiary/aromatic N) is 1. The second-order valence-corrected chi connectivity index (χ2v) is 4.39. The average molecular weight is 281 g/mol. The molecule has 0 amide bonds. The van der Waals surface area contributed by atoms with Gasteiger partial charge < -0.3 is 14.2 Å². The monoisotopic (exact) mass is 281 g/mol. The van der Waals surface area contributed by atoms with Gasteiger partial charge in [0.15, 0.2) is 0 Å². The zero-order valence-electron chi connectivity index (χ0n) is 11.0. The Morgan fingerprint density at radius 3 is 2.65 bits per heavy atom. The Balaban J connectivity index is 2.23. The second-order valence-electron chi connectivity index (χ2n) is 4.39. The molecule has 0 atom stereocenters. The molecule has 0 saturated carbocycles. The third-order valence-electron chi connectivity index (χ3n) is 2.99. The van der Waals surface area contributed by atoms with Crippen LogP contribution in [0.5, 0.6) is 5.75 Å². The van der Waals surface area contributed by atoms with Gasteiger partial charge in [-0.3, -0.25) is 10.1 Å². The van der Waals surface area contributed by atoms with Gasteiger partial charge in [-0.05, 0) is 6.07 Å². The smallest absolute Gasteiger partial charge is 0.338 e. The summed E-state index contributed by atoms with van der Waals surface area (Å²) in [6.45, 7) is 1.20. The van der Waals surface area contributed by atoms with Crippen molar-refractivity contribution in [1.82, 2.24) is 0 Å². The van der Waals surface area contributed by atoms with Gasteiger partial charge in [-0.15, -0.1) is 0 Å². The molecular formula is C13H15NO6. The highest BCUT2D eigenvalue weighted by Crippen LogP contribution is 2.25. The van der Waals surface area contributed by atoms with Crippen LogP contribution in [0.3, 0.4) is 0 Å². The largest absolute Gasteiger partial charge is 0.490 e. The first kappa shape index (κ1) is 14.3. The minimum atomic E-state index is -0.634. The molecule has 0 radical (unpaired) electrons. The van der Waals surface area contributed by atoms with Gasteiger partial charge in [0, 0.05) is 18.9 Å². The van der Waals surface area contributed by atoms with E-state index in [-0.39, 0.29) is 17.4 Å². The third-order valence-corrected chi connectivity index (χ3v) is 2.99. The van der Waals surface area contributed by atoms with E-state index in [4.69, 9.17) is 9.47 Å². The van der Waals surface area contributed by atoms with Crippen LogP contribution in [0, 0.1) is 10.1 Å². The summed E-state index contributed by atoms with van der Waals surface area (Å²) in [5.41, 5.74) is -0.0984. The summed E-state index contributed by atoms with van der Waals surface area (Å²) in [5.74, 6) is -0.336. The lowest BCUT2D eigenvalue weighted by molar-refractivity contribution is -0.385. The first-order chi connectivity index (χ1) is 9.60. The standard InChI is InChI=1S/C13H15NO6/c1-18-13(15)9-6-10(14(16)17)8-12(7-9)20-11-2-4-19-5-3-11/h6-8,11H,2-5H2,1H3. The van der Waals surface area contributed by atoms with Crippen molar-refractivity contribution in [1.29, 1.82) is 0 Å². The number of nitro benzene ring substituents is 1. The van der Waals surface area contributed by atoms with E-state index in [9.17, 15) is 14.9 Å². The third kappa shape index (κ3) is 3.45. The molecule has 0 spiro atoms. The Kier molecular flexibility index (Phi) is 4.52. The minimum Gasteiger partial charge on any atom is -0.490 e. The van der Waals surface area contributed by atoms with Crippen molar-refractivity contribution in [3.63, 3.8) is 0 Å². The van der Waals surface area contributed by atoms with Gasteiger partial charge >= 0.3 is 5.97 Å². The van der Waals surface area contributed by atoms with Crippen molar-refractivity contribution in [2.45, 2.75) is 18.9 Å². The highest BCUT2D eigenvalue weighted by molar-refractivity contribution is 5.90. The molecule has 1 aliphatic heterocycles. The molecule has 1 aromatic carbocycles. The van der Waals surface area contributed by atoms with Crippen molar-refractivity contribution in [2.24, 2.45) is 0 Å². The molecule has 2 rings (SSSR count). The van der Waals surface area contributed by atoms with Gasteiger partial charge in [0.25, 0.3) is 5.69 Å². The molecule has 7 heteroatoms. The van der Waals surface area contributed by atoms with E-state index in [1.165, 1.54) is 25.3 Å². The summed E-state index contributed by atoms with van der Waals surface area (Å²) in [7, 11) is 1.22. The number of rotatable bonds is 4. The molecule has 0 aliphatic carbocycles. The van der Waals surface area contributed by atoms with Crippen LogP contribution in [0.1, 0.15) is 23.2 Å². The molecule has 0 N–H and O–H groups in total. The zero-order valence-corrected chi connectivity index (χ0v) is 11.0. The average Bonchev–Trinajstić information content (AvgIpc) is 2.47. The van der Waals surface area contributed by atoms with Gasteiger partial charge in [0.2, 0.25) is 0 Å². The number of esters is 1. The first-order valence-electron chi connectivity index (χ1n) is 6.22. The molecule has 1 saturated heterocycles. The fourth-order valence-electron chi connectivity index (χ4n) is 1.98. The molecule has 1 fully saturated rings. The van der Waals surface area contributed by atoms with Crippen molar-refractivity contribution < 1.29 is 23.9 Å².